The van der Waals surface area contributed by atoms with Crippen LogP contribution in [0.5, 0.6) is 0 Å². The van der Waals surface area contributed by atoms with Gasteiger partial charge in [0.1, 0.15) is 0 Å². The molecule has 1 saturated heterocycles. The molecule has 0 unspecified atom stereocenters. The molecule has 0 radical (unpaired) electrons. The average molecular weight is 454 g/mol. The number of likely N-dealkylation sites (N-methyl/N-ethyl adjacent to an activating group) is 1. The van der Waals surface area contributed by atoms with Crippen LogP contribution in [0.3, 0.4) is 0 Å². The first kappa shape index (κ1) is 27.7. The minimum absolute atomic E-state index is 0.0981. The number of halogens is 1. The Bertz CT molecular complexity index is 613. The fourth-order valence-electron chi connectivity index (χ4n) is 3.97. The van der Waals surface area contributed by atoms with Gasteiger partial charge >= 0.3 is 0 Å². The summed E-state index contributed by atoms with van der Waals surface area (Å²) >= 11 is 6.34. The summed E-state index contributed by atoms with van der Waals surface area (Å²) in [5.74, 6) is 0.0981. The lowest BCUT2D eigenvalue weighted by Crippen LogP contribution is -2.46. The van der Waals surface area contributed by atoms with E-state index in [9.17, 15) is 4.79 Å². The molecule has 2 aliphatic rings. The summed E-state index contributed by atoms with van der Waals surface area (Å²) in [7, 11) is 0. The van der Waals surface area contributed by atoms with Crippen LogP contribution in [-0.4, -0.2) is 61.3 Å². The number of carbonyl (C=O) groups excluding carboxylic acids is 1. The van der Waals surface area contributed by atoms with Crippen LogP contribution < -0.4 is 10.2 Å². The minimum atomic E-state index is 0.0981. The second kappa shape index (κ2) is 16.3. The van der Waals surface area contributed by atoms with Gasteiger partial charge in [0.05, 0.1) is 10.7 Å². The van der Waals surface area contributed by atoms with E-state index in [0.29, 0.717) is 18.9 Å². The minimum Gasteiger partial charge on any atom is -0.396 e. The average Bonchev–Trinajstić information content (AvgIpc) is 2.82. The van der Waals surface area contributed by atoms with E-state index in [4.69, 9.17) is 16.7 Å². The largest absolute Gasteiger partial charge is 0.396 e. The second-order valence-corrected chi connectivity index (χ2v) is 8.44. The summed E-state index contributed by atoms with van der Waals surface area (Å²) in [6.07, 6.45) is 7.10. The molecule has 1 heterocycles. The highest BCUT2D eigenvalue weighted by Crippen LogP contribution is 2.29. The van der Waals surface area contributed by atoms with Crippen molar-refractivity contribution in [1.82, 2.24) is 10.2 Å². The van der Waals surface area contributed by atoms with Crippen LogP contribution in [0.2, 0.25) is 5.02 Å². The van der Waals surface area contributed by atoms with E-state index in [2.05, 4.69) is 47.2 Å². The summed E-state index contributed by atoms with van der Waals surface area (Å²) in [6.45, 7) is 14.0. The summed E-state index contributed by atoms with van der Waals surface area (Å²) in [5.41, 5.74) is 2.36. The topological polar surface area (TPSA) is 55.8 Å². The maximum atomic E-state index is 11.2. The molecule has 31 heavy (non-hydrogen) atoms. The first-order chi connectivity index (χ1) is 15.0. The van der Waals surface area contributed by atoms with Gasteiger partial charge < -0.3 is 20.2 Å². The number of hydrogen-bond donors (Lipinski definition) is 2. The van der Waals surface area contributed by atoms with Crippen molar-refractivity contribution in [2.45, 2.75) is 78.7 Å². The molecule has 3 rings (SSSR count). The molecule has 0 aromatic heterocycles. The number of aliphatic hydroxyl groups is 1. The number of anilines is 1. The van der Waals surface area contributed by atoms with Crippen molar-refractivity contribution in [2.24, 2.45) is 0 Å². The molecule has 1 aliphatic heterocycles. The van der Waals surface area contributed by atoms with Crippen molar-refractivity contribution < 1.29 is 9.90 Å². The van der Waals surface area contributed by atoms with E-state index in [-0.39, 0.29) is 12.5 Å². The monoisotopic (exact) mass is 453 g/mol. The van der Waals surface area contributed by atoms with Crippen LogP contribution in [0.25, 0.3) is 0 Å². The first-order valence-electron chi connectivity index (χ1n) is 12.2. The third kappa shape index (κ3) is 10.2. The zero-order valence-corrected chi connectivity index (χ0v) is 20.9. The molecular weight excluding hydrogens is 410 g/mol. The van der Waals surface area contributed by atoms with Crippen molar-refractivity contribution in [3.8, 4) is 0 Å². The number of benzene rings is 1. The van der Waals surface area contributed by atoms with Gasteiger partial charge in [-0.2, -0.15) is 0 Å². The molecule has 2 fully saturated rings. The van der Waals surface area contributed by atoms with Crippen molar-refractivity contribution in [1.29, 1.82) is 0 Å². The third-order valence-electron chi connectivity index (χ3n) is 5.86. The Morgan fingerprint density at radius 1 is 1.13 bits per heavy atom. The Kier molecular flexibility index (Phi) is 14.6. The Balaban J connectivity index is 0.000000293. The summed E-state index contributed by atoms with van der Waals surface area (Å²) in [6, 6.07) is 6.67. The van der Waals surface area contributed by atoms with Gasteiger partial charge in [0, 0.05) is 45.2 Å². The molecule has 6 heteroatoms. The number of aliphatic hydroxyl groups excluding tert-OH is 1. The highest BCUT2D eigenvalue weighted by molar-refractivity contribution is 6.34. The molecule has 1 aliphatic carbocycles. The lowest BCUT2D eigenvalue weighted by Gasteiger charge is -2.36. The number of carbonyl (C=O) groups is 1. The van der Waals surface area contributed by atoms with E-state index in [1.807, 2.05) is 13.8 Å². The predicted octanol–water partition coefficient (Wildman–Crippen LogP) is 5.02. The smallest absolute Gasteiger partial charge is 0.220 e. The zero-order valence-electron chi connectivity index (χ0n) is 20.1. The lowest BCUT2D eigenvalue weighted by atomic mass is 9.95. The quantitative estimate of drug-likeness (QED) is 0.634. The molecule has 1 aromatic rings. The van der Waals surface area contributed by atoms with Crippen LogP contribution in [0.4, 0.5) is 5.69 Å². The summed E-state index contributed by atoms with van der Waals surface area (Å²) in [4.78, 5) is 16.1. The third-order valence-corrected chi connectivity index (χ3v) is 6.36. The molecule has 0 spiro atoms. The molecule has 0 atom stereocenters. The molecule has 178 valence electrons. The number of amides is 1. The number of rotatable bonds is 6. The molecule has 1 aromatic carbocycles. The van der Waals surface area contributed by atoms with E-state index < -0.39 is 0 Å². The predicted molar refractivity (Wildman–Crippen MR) is 133 cm³/mol. The maximum absolute atomic E-state index is 11.2. The Morgan fingerprint density at radius 2 is 1.77 bits per heavy atom. The van der Waals surface area contributed by atoms with Gasteiger partial charge in [-0.05, 0) is 44.4 Å². The Morgan fingerprint density at radius 3 is 2.35 bits per heavy atom. The number of nitrogens with one attached hydrogen (secondary N) is 1. The highest BCUT2D eigenvalue weighted by Gasteiger charge is 2.18. The molecule has 1 saturated carbocycles. The fourth-order valence-corrected chi connectivity index (χ4v) is 4.21. The van der Waals surface area contributed by atoms with Gasteiger partial charge in [-0.3, -0.25) is 4.79 Å². The van der Waals surface area contributed by atoms with E-state index in [0.717, 1.165) is 56.2 Å². The lowest BCUT2D eigenvalue weighted by molar-refractivity contribution is -0.122. The van der Waals surface area contributed by atoms with Crippen molar-refractivity contribution >= 4 is 23.2 Å². The fraction of sp³-hybridized carbons (Fsp3) is 0.720. The van der Waals surface area contributed by atoms with Crippen LogP contribution >= 0.6 is 11.6 Å². The Hall–Kier alpha value is -1.30. The normalized spacial score (nSPS) is 17.2. The van der Waals surface area contributed by atoms with Gasteiger partial charge in [-0.25, -0.2) is 0 Å². The van der Waals surface area contributed by atoms with Gasteiger partial charge in [0.2, 0.25) is 5.91 Å². The van der Waals surface area contributed by atoms with Crippen LogP contribution in [0.15, 0.2) is 18.2 Å². The van der Waals surface area contributed by atoms with Crippen molar-refractivity contribution in [2.75, 3.05) is 44.2 Å². The number of aryl methyl sites for hydroxylation is 1. The number of piperazine rings is 1. The molecule has 2 N–H and O–H groups in total. The molecule has 1 amide bonds. The summed E-state index contributed by atoms with van der Waals surface area (Å²) < 4.78 is 0. The van der Waals surface area contributed by atoms with Crippen LogP contribution in [0.1, 0.15) is 71.3 Å². The second-order valence-electron chi connectivity index (χ2n) is 8.06. The highest BCUT2D eigenvalue weighted by atomic mass is 35.5. The van der Waals surface area contributed by atoms with Gasteiger partial charge in [0.15, 0.2) is 0 Å². The van der Waals surface area contributed by atoms with Crippen molar-refractivity contribution in [3.05, 3.63) is 28.8 Å². The van der Waals surface area contributed by atoms with Gasteiger partial charge in [0.25, 0.3) is 0 Å². The van der Waals surface area contributed by atoms with Crippen LogP contribution in [-0.2, 0) is 4.79 Å². The van der Waals surface area contributed by atoms with E-state index >= 15 is 0 Å². The van der Waals surface area contributed by atoms with E-state index in [1.54, 1.807) is 0 Å². The first-order valence-corrected chi connectivity index (χ1v) is 12.6. The standard InChI is InChI=1S/C13H19ClN2.C10H19NO2.C2H6/c1-3-15-7-9-16(10-8-15)12-6-4-5-11(2)13(12)14;12-8-4-7-10(13)11-9-5-2-1-3-6-9;1-2/h4-6H,3,7-10H2,1-2H3;9,12H,1-8H2,(H,11,13);1-2H3. The van der Waals surface area contributed by atoms with Crippen LogP contribution in [0, 0.1) is 6.92 Å². The van der Waals surface area contributed by atoms with Crippen molar-refractivity contribution in [3.63, 3.8) is 0 Å². The molecule has 5 nitrogen and oxygen atoms in total. The molecular formula is C25H44ClN3O2. The van der Waals surface area contributed by atoms with Gasteiger partial charge in [-0.15, -0.1) is 0 Å². The molecule has 0 bridgehead atoms. The maximum Gasteiger partial charge on any atom is 0.220 e. The SMILES string of the molecule is CC.CCN1CCN(c2cccc(C)c2Cl)CC1.O=C(CCCO)NC1CCCCC1. The zero-order chi connectivity index (χ0) is 23.1. The number of nitrogens with zero attached hydrogens (tertiary/aromatic N) is 2. The number of hydrogen-bond acceptors (Lipinski definition) is 4. The van der Waals surface area contributed by atoms with E-state index in [1.165, 1.54) is 24.9 Å². The van der Waals surface area contributed by atoms with Gasteiger partial charge in [-0.1, -0.05) is 63.8 Å². The summed E-state index contributed by atoms with van der Waals surface area (Å²) in [5, 5.41) is 12.5. The Labute approximate surface area is 195 Å².